The van der Waals surface area contributed by atoms with Crippen LogP contribution in [0.4, 0.5) is 4.79 Å². The van der Waals surface area contributed by atoms with E-state index in [0.29, 0.717) is 0 Å². The van der Waals surface area contributed by atoms with E-state index in [4.69, 9.17) is 4.74 Å². The third-order valence-electron chi connectivity index (χ3n) is 4.13. The summed E-state index contributed by atoms with van der Waals surface area (Å²) in [6, 6.07) is 5.11. The first-order valence-corrected chi connectivity index (χ1v) is 9.44. The van der Waals surface area contributed by atoms with E-state index in [1.54, 1.807) is 18.4 Å². The summed E-state index contributed by atoms with van der Waals surface area (Å²) in [5.41, 5.74) is 0.439. The van der Waals surface area contributed by atoms with E-state index in [1.165, 1.54) is 23.9 Å². The van der Waals surface area contributed by atoms with Gasteiger partial charge in [0, 0.05) is 5.75 Å². The average molecular weight is 392 g/mol. The highest BCUT2D eigenvalue weighted by atomic mass is 32.2. The number of carbonyl (C=O) groups excluding carboxylic acids is 5. The number of cyclic esters (lactones) is 1. The quantitative estimate of drug-likeness (QED) is 0.509. The molecule has 0 aromatic heterocycles. The Morgan fingerprint density at radius 1 is 1.19 bits per heavy atom. The number of carbonyl (C=O) groups is 5. The maximum absolute atomic E-state index is 12.6. The summed E-state index contributed by atoms with van der Waals surface area (Å²) < 4.78 is 9.64. The monoisotopic (exact) mass is 392 g/mol. The molecule has 27 heavy (non-hydrogen) atoms. The molecule has 1 aromatic rings. The van der Waals surface area contributed by atoms with Gasteiger partial charge >= 0.3 is 12.1 Å². The molecule has 1 aromatic carbocycles. The summed E-state index contributed by atoms with van der Waals surface area (Å²) in [7, 11) is 0. The van der Waals surface area contributed by atoms with Gasteiger partial charge in [0.25, 0.3) is 17.7 Å². The Balaban J connectivity index is 1.71. The molecule has 9 nitrogen and oxygen atoms in total. The topological polar surface area (TPSA) is 110 Å². The van der Waals surface area contributed by atoms with Crippen LogP contribution in [0.2, 0.25) is 0 Å². The minimum absolute atomic E-state index is 0.0852. The first-order chi connectivity index (χ1) is 13.0. The number of hydrogen-bond acceptors (Lipinski definition) is 8. The summed E-state index contributed by atoms with van der Waals surface area (Å²) in [5.74, 6) is -2.66. The van der Waals surface area contributed by atoms with E-state index in [2.05, 4.69) is 4.74 Å². The lowest BCUT2D eigenvalue weighted by Crippen LogP contribution is -2.48. The largest absolute Gasteiger partial charge is 0.454 e. The second-order valence-corrected chi connectivity index (χ2v) is 6.68. The van der Waals surface area contributed by atoms with Crippen LogP contribution in [0.25, 0.3) is 0 Å². The first-order valence-electron chi connectivity index (χ1n) is 8.05. The van der Waals surface area contributed by atoms with Crippen LogP contribution < -0.4 is 0 Å². The molecule has 0 N–H and O–H groups in total. The van der Waals surface area contributed by atoms with Crippen molar-refractivity contribution in [2.45, 2.75) is 6.04 Å². The van der Waals surface area contributed by atoms with Gasteiger partial charge in [-0.2, -0.15) is 11.8 Å². The molecule has 0 bridgehead atoms. The van der Waals surface area contributed by atoms with Crippen molar-refractivity contribution in [2.75, 3.05) is 31.8 Å². The zero-order valence-corrected chi connectivity index (χ0v) is 15.2. The molecule has 0 saturated carbocycles. The van der Waals surface area contributed by atoms with E-state index in [1.807, 2.05) is 0 Å². The predicted molar refractivity (Wildman–Crippen MR) is 93.1 cm³/mol. The van der Waals surface area contributed by atoms with E-state index >= 15 is 0 Å². The van der Waals surface area contributed by atoms with Gasteiger partial charge in [-0.3, -0.25) is 19.3 Å². The number of nitrogens with zero attached hydrogens (tertiary/aromatic N) is 2. The number of imide groups is 2. The van der Waals surface area contributed by atoms with E-state index < -0.39 is 42.4 Å². The Hall–Kier alpha value is -2.88. The van der Waals surface area contributed by atoms with Gasteiger partial charge in [0.1, 0.15) is 12.6 Å². The van der Waals surface area contributed by atoms with Crippen LogP contribution in [0.5, 0.6) is 0 Å². The minimum atomic E-state index is -1.18. The SMILES string of the molecule is CSC[C@H](C(=O)OCC(=O)N1CCOC1=O)N1C(=O)c2ccccc2C1=O. The van der Waals surface area contributed by atoms with Crippen LogP contribution in [0.15, 0.2) is 24.3 Å². The molecular weight excluding hydrogens is 376 g/mol. The van der Waals surface area contributed by atoms with Gasteiger partial charge in [-0.15, -0.1) is 0 Å². The summed E-state index contributed by atoms with van der Waals surface area (Å²) in [4.78, 5) is 62.6. The summed E-state index contributed by atoms with van der Waals surface area (Å²) in [6.07, 6.45) is 0.918. The smallest absolute Gasteiger partial charge is 0.416 e. The normalized spacial score (nSPS) is 17.0. The Morgan fingerprint density at radius 2 is 1.81 bits per heavy atom. The van der Waals surface area contributed by atoms with Gasteiger partial charge in [-0.25, -0.2) is 14.5 Å². The number of thioether (sulfide) groups is 1. The summed E-state index contributed by atoms with van der Waals surface area (Å²) >= 11 is 1.25. The second-order valence-electron chi connectivity index (χ2n) is 5.76. The van der Waals surface area contributed by atoms with Gasteiger partial charge in [0.05, 0.1) is 17.7 Å². The van der Waals surface area contributed by atoms with Crippen LogP contribution in [-0.4, -0.2) is 77.4 Å². The van der Waals surface area contributed by atoms with Crippen LogP contribution in [0.3, 0.4) is 0 Å². The van der Waals surface area contributed by atoms with Crippen LogP contribution in [-0.2, 0) is 19.1 Å². The lowest BCUT2D eigenvalue weighted by molar-refractivity contribution is -0.153. The van der Waals surface area contributed by atoms with Crippen molar-refractivity contribution < 1.29 is 33.4 Å². The van der Waals surface area contributed by atoms with Gasteiger partial charge in [0.15, 0.2) is 6.61 Å². The third-order valence-corrected chi connectivity index (χ3v) is 4.78. The van der Waals surface area contributed by atoms with Crippen molar-refractivity contribution in [1.29, 1.82) is 0 Å². The highest BCUT2D eigenvalue weighted by Gasteiger charge is 2.43. The lowest BCUT2D eigenvalue weighted by atomic mass is 10.1. The number of amides is 4. The molecule has 1 fully saturated rings. The molecule has 2 heterocycles. The van der Waals surface area contributed by atoms with Crippen molar-refractivity contribution in [3.05, 3.63) is 35.4 Å². The molecule has 0 spiro atoms. The molecular formula is C17H16N2O7S. The summed E-state index contributed by atoms with van der Waals surface area (Å²) in [5, 5.41) is 0. The fraction of sp³-hybridized carbons (Fsp3) is 0.353. The molecule has 2 aliphatic heterocycles. The zero-order valence-electron chi connectivity index (χ0n) is 14.4. The average Bonchev–Trinajstić information content (AvgIpc) is 3.20. The molecule has 1 atom stereocenters. The zero-order chi connectivity index (χ0) is 19.6. The van der Waals surface area contributed by atoms with Crippen molar-refractivity contribution >= 4 is 41.5 Å². The Bertz CT molecular complexity index is 790. The maximum Gasteiger partial charge on any atom is 0.416 e. The maximum atomic E-state index is 12.6. The predicted octanol–water partition coefficient (Wildman–Crippen LogP) is 0.536. The Labute approximate surface area is 158 Å². The van der Waals surface area contributed by atoms with Gasteiger partial charge in [0.2, 0.25) is 0 Å². The molecule has 0 aliphatic carbocycles. The van der Waals surface area contributed by atoms with Gasteiger partial charge in [-0.1, -0.05) is 12.1 Å². The number of fused-ring (bicyclic) bond motifs is 1. The van der Waals surface area contributed by atoms with Crippen LogP contribution in [0, 0.1) is 0 Å². The van der Waals surface area contributed by atoms with Crippen LogP contribution in [0.1, 0.15) is 20.7 Å². The van der Waals surface area contributed by atoms with E-state index in [9.17, 15) is 24.0 Å². The van der Waals surface area contributed by atoms with Crippen molar-refractivity contribution in [2.24, 2.45) is 0 Å². The molecule has 1 saturated heterocycles. The number of benzene rings is 1. The van der Waals surface area contributed by atoms with Crippen molar-refractivity contribution in [1.82, 2.24) is 9.80 Å². The molecule has 3 rings (SSSR count). The number of esters is 1. The first kappa shape index (κ1) is 18.9. The molecule has 0 unspecified atom stereocenters. The fourth-order valence-corrected chi connectivity index (χ4v) is 3.42. The minimum Gasteiger partial charge on any atom is -0.454 e. The number of hydrogen-bond donors (Lipinski definition) is 0. The van der Waals surface area contributed by atoms with Crippen molar-refractivity contribution in [3.8, 4) is 0 Å². The standard InChI is InChI=1S/C17H16N2O7S/c1-27-9-12(16(23)26-8-13(20)18-6-7-25-17(18)24)19-14(21)10-4-2-3-5-11(10)15(19)22/h2-5,12H,6-9H2,1H3/t12-/m1/s1. The number of rotatable bonds is 6. The van der Waals surface area contributed by atoms with Crippen LogP contribution >= 0.6 is 11.8 Å². The van der Waals surface area contributed by atoms with Gasteiger partial charge in [-0.05, 0) is 18.4 Å². The second kappa shape index (κ2) is 7.78. The van der Waals surface area contributed by atoms with Crippen molar-refractivity contribution in [3.63, 3.8) is 0 Å². The summed E-state index contributed by atoms with van der Waals surface area (Å²) in [6.45, 7) is -0.507. The number of ether oxygens (including phenoxy) is 2. The third kappa shape index (κ3) is 3.52. The van der Waals surface area contributed by atoms with Gasteiger partial charge < -0.3 is 9.47 Å². The molecule has 0 radical (unpaired) electrons. The molecule has 142 valence electrons. The molecule has 2 aliphatic rings. The molecule has 4 amide bonds. The lowest BCUT2D eigenvalue weighted by Gasteiger charge is -2.24. The highest BCUT2D eigenvalue weighted by molar-refractivity contribution is 7.98. The fourth-order valence-electron chi connectivity index (χ4n) is 2.82. The Kier molecular flexibility index (Phi) is 5.45. The Morgan fingerprint density at radius 3 is 2.33 bits per heavy atom. The van der Waals surface area contributed by atoms with E-state index in [-0.39, 0.29) is 30.0 Å². The molecule has 10 heteroatoms. The highest BCUT2D eigenvalue weighted by Crippen LogP contribution is 2.26. The van der Waals surface area contributed by atoms with E-state index in [0.717, 1.165) is 9.80 Å².